The molecule has 3 heteroatoms. The minimum atomic E-state index is -0.524. The zero-order valence-electron chi connectivity index (χ0n) is 7.81. The number of halogens is 2. The van der Waals surface area contributed by atoms with Crippen LogP contribution in [-0.4, -0.2) is 5.78 Å². The molecule has 1 nitrogen and oxygen atoms in total. The molecule has 14 heavy (non-hydrogen) atoms. The number of rotatable bonds is 3. The Hall–Kier alpha value is -1.15. The van der Waals surface area contributed by atoms with E-state index < -0.39 is 5.82 Å². The van der Waals surface area contributed by atoms with E-state index in [1.54, 1.807) is 19.1 Å². The summed E-state index contributed by atoms with van der Waals surface area (Å²) in [6, 6.07) is 4.61. The summed E-state index contributed by atoms with van der Waals surface area (Å²) >= 11 is 5.57. The minimum Gasteiger partial charge on any atom is -0.294 e. The van der Waals surface area contributed by atoms with Gasteiger partial charge in [-0.2, -0.15) is 0 Å². The van der Waals surface area contributed by atoms with Gasteiger partial charge in [-0.25, -0.2) is 4.39 Å². The molecule has 0 saturated heterocycles. The molecule has 0 aromatic heterocycles. The van der Waals surface area contributed by atoms with Gasteiger partial charge in [0.25, 0.3) is 0 Å². The van der Waals surface area contributed by atoms with Crippen LogP contribution < -0.4 is 0 Å². The Balaban J connectivity index is 2.93. The van der Waals surface area contributed by atoms with Crippen LogP contribution in [0.4, 0.5) is 4.39 Å². The third-order valence-electron chi connectivity index (χ3n) is 1.86. The lowest BCUT2D eigenvalue weighted by Gasteiger charge is -2.03. The average molecular weight is 213 g/mol. The monoisotopic (exact) mass is 212 g/mol. The second-order valence-corrected chi connectivity index (χ2v) is 3.50. The van der Waals surface area contributed by atoms with Crippen molar-refractivity contribution in [2.75, 3.05) is 0 Å². The van der Waals surface area contributed by atoms with Crippen molar-refractivity contribution >= 4 is 17.4 Å². The molecule has 0 radical (unpaired) electrons. The van der Waals surface area contributed by atoms with Crippen LogP contribution in [0.25, 0.3) is 0 Å². The second-order valence-electron chi connectivity index (χ2n) is 3.09. The van der Waals surface area contributed by atoms with Gasteiger partial charge in [0.2, 0.25) is 0 Å². The third-order valence-corrected chi connectivity index (χ3v) is 2.15. The lowest BCUT2D eigenvalue weighted by atomic mass is 10.0. The van der Waals surface area contributed by atoms with Gasteiger partial charge in [-0.05, 0) is 24.1 Å². The highest BCUT2D eigenvalue weighted by molar-refractivity contribution is 6.30. The van der Waals surface area contributed by atoms with E-state index in [9.17, 15) is 9.18 Å². The molecular weight excluding hydrogens is 203 g/mol. The molecule has 0 fully saturated rings. The number of carbonyl (C=O) groups is 1. The van der Waals surface area contributed by atoms with Crippen LogP contribution in [0.15, 0.2) is 30.4 Å². The molecule has 0 spiro atoms. The zero-order valence-corrected chi connectivity index (χ0v) is 8.57. The van der Waals surface area contributed by atoms with Crippen molar-refractivity contribution < 1.29 is 9.18 Å². The molecule has 0 heterocycles. The Morgan fingerprint density at radius 1 is 1.57 bits per heavy atom. The number of allylic oxidation sites excluding steroid dienone is 1. The van der Waals surface area contributed by atoms with E-state index in [-0.39, 0.29) is 17.2 Å². The molecule has 0 amide bonds. The summed E-state index contributed by atoms with van der Waals surface area (Å²) in [5.74, 6) is -0.699. The lowest BCUT2D eigenvalue weighted by Crippen LogP contribution is -2.05. The first-order valence-electron chi connectivity index (χ1n) is 4.14. The Kier molecular flexibility index (Phi) is 3.42. The fraction of sp³-hybridized carbons (Fsp3) is 0.182. The molecule has 1 aromatic carbocycles. The van der Waals surface area contributed by atoms with Crippen LogP contribution in [0.2, 0.25) is 5.02 Å². The fourth-order valence-electron chi connectivity index (χ4n) is 1.01. The second kappa shape index (κ2) is 4.38. The van der Waals surface area contributed by atoms with Crippen molar-refractivity contribution in [1.82, 2.24) is 0 Å². The predicted molar refractivity (Wildman–Crippen MR) is 54.9 cm³/mol. The number of benzene rings is 1. The van der Waals surface area contributed by atoms with Gasteiger partial charge in [-0.3, -0.25) is 4.79 Å². The molecule has 0 saturated carbocycles. The summed E-state index contributed by atoms with van der Waals surface area (Å²) in [7, 11) is 0. The highest BCUT2D eigenvalue weighted by Gasteiger charge is 2.10. The summed E-state index contributed by atoms with van der Waals surface area (Å²) in [5.41, 5.74) is 0.731. The smallest absolute Gasteiger partial charge is 0.162 e. The molecule has 0 bridgehead atoms. The molecule has 1 aromatic rings. The van der Waals surface area contributed by atoms with Gasteiger partial charge in [0.1, 0.15) is 5.82 Å². The normalized spacial score (nSPS) is 9.93. The summed E-state index contributed by atoms with van der Waals surface area (Å²) in [4.78, 5) is 11.3. The molecule has 0 N–H and O–H groups in total. The van der Waals surface area contributed by atoms with Crippen molar-refractivity contribution in [2.45, 2.75) is 13.3 Å². The van der Waals surface area contributed by atoms with Crippen LogP contribution in [-0.2, 0) is 11.2 Å². The largest absolute Gasteiger partial charge is 0.294 e. The van der Waals surface area contributed by atoms with Crippen molar-refractivity contribution in [1.29, 1.82) is 0 Å². The molecule has 0 aliphatic heterocycles. The quantitative estimate of drug-likeness (QED) is 0.704. The Morgan fingerprint density at radius 3 is 2.79 bits per heavy atom. The Labute approximate surface area is 87.2 Å². The molecular formula is C11H10ClFO. The van der Waals surface area contributed by atoms with Gasteiger partial charge in [-0.1, -0.05) is 30.3 Å². The van der Waals surface area contributed by atoms with Gasteiger partial charge in [0, 0.05) is 6.42 Å². The number of hydrogen-bond donors (Lipinski definition) is 0. The maximum absolute atomic E-state index is 13.3. The van der Waals surface area contributed by atoms with Gasteiger partial charge in [-0.15, -0.1) is 0 Å². The predicted octanol–water partition coefficient (Wildman–Crippen LogP) is 3.17. The van der Waals surface area contributed by atoms with Crippen LogP contribution in [0.5, 0.6) is 0 Å². The first kappa shape index (κ1) is 10.9. The van der Waals surface area contributed by atoms with Gasteiger partial charge in [0.15, 0.2) is 5.78 Å². The van der Waals surface area contributed by atoms with Crippen LogP contribution in [0, 0.1) is 5.82 Å². The number of ketones is 1. The Morgan fingerprint density at radius 2 is 2.21 bits per heavy atom. The first-order valence-corrected chi connectivity index (χ1v) is 4.51. The third kappa shape index (κ3) is 2.42. The van der Waals surface area contributed by atoms with E-state index in [2.05, 4.69) is 6.58 Å². The first-order chi connectivity index (χ1) is 6.52. The van der Waals surface area contributed by atoms with Crippen molar-refractivity contribution in [3.63, 3.8) is 0 Å². The highest BCUT2D eigenvalue weighted by Crippen LogP contribution is 2.18. The van der Waals surface area contributed by atoms with Crippen molar-refractivity contribution in [3.8, 4) is 0 Å². The topological polar surface area (TPSA) is 17.1 Å². The van der Waals surface area contributed by atoms with E-state index in [0.29, 0.717) is 11.1 Å². The summed E-state index contributed by atoms with van der Waals surface area (Å²) in [5, 5.41) is 0.0389. The van der Waals surface area contributed by atoms with Gasteiger partial charge >= 0.3 is 0 Å². The van der Waals surface area contributed by atoms with Gasteiger partial charge in [0.05, 0.1) is 5.02 Å². The Bertz CT molecular complexity index is 385. The van der Waals surface area contributed by atoms with Crippen molar-refractivity contribution in [2.24, 2.45) is 0 Å². The molecule has 74 valence electrons. The molecule has 1 rings (SSSR count). The number of Topliss-reactive ketones (excluding diaryl/α,β-unsaturated/α-hetero) is 1. The van der Waals surface area contributed by atoms with E-state index in [4.69, 9.17) is 11.6 Å². The molecule has 0 atom stereocenters. The van der Waals surface area contributed by atoms with Crippen molar-refractivity contribution in [3.05, 3.63) is 46.8 Å². The van der Waals surface area contributed by atoms with E-state index >= 15 is 0 Å². The average Bonchev–Trinajstić information content (AvgIpc) is 2.12. The van der Waals surface area contributed by atoms with E-state index in [0.717, 1.165) is 0 Å². The zero-order chi connectivity index (χ0) is 10.7. The summed E-state index contributed by atoms with van der Waals surface area (Å²) in [6.07, 6.45) is 0.0156. The SMILES string of the molecule is C=C(C)C(=O)Cc1cccc(Cl)c1F. The highest BCUT2D eigenvalue weighted by atomic mass is 35.5. The molecule has 0 aliphatic carbocycles. The van der Waals surface area contributed by atoms with E-state index in [1.807, 2.05) is 0 Å². The molecule has 0 unspecified atom stereocenters. The van der Waals surface area contributed by atoms with Gasteiger partial charge < -0.3 is 0 Å². The maximum Gasteiger partial charge on any atom is 0.162 e. The minimum absolute atomic E-state index is 0.0156. The number of carbonyl (C=O) groups excluding carboxylic acids is 1. The van der Waals surface area contributed by atoms with Crippen LogP contribution in [0.3, 0.4) is 0 Å². The van der Waals surface area contributed by atoms with Crippen LogP contribution in [0.1, 0.15) is 12.5 Å². The maximum atomic E-state index is 13.3. The summed E-state index contributed by atoms with van der Waals surface area (Å²) < 4.78 is 13.3. The summed E-state index contributed by atoms with van der Waals surface area (Å²) in [6.45, 7) is 5.10. The number of hydrogen-bond acceptors (Lipinski definition) is 1. The lowest BCUT2D eigenvalue weighted by molar-refractivity contribution is -0.114. The standard InChI is InChI=1S/C11H10ClFO/c1-7(2)10(14)6-8-4-3-5-9(12)11(8)13/h3-5H,1,6H2,2H3. The van der Waals surface area contributed by atoms with E-state index in [1.165, 1.54) is 6.07 Å². The fourth-order valence-corrected chi connectivity index (χ4v) is 1.20. The van der Waals surface area contributed by atoms with Crippen LogP contribution >= 0.6 is 11.6 Å². The molecule has 0 aliphatic rings.